The van der Waals surface area contributed by atoms with E-state index in [0.717, 1.165) is 29.5 Å². The summed E-state index contributed by atoms with van der Waals surface area (Å²) >= 11 is 1.69. The largest absolute Gasteiger partial charge is 0.391 e. The smallest absolute Gasteiger partial charge is 0.0959 e. The van der Waals surface area contributed by atoms with Crippen LogP contribution in [0.1, 0.15) is 44.9 Å². The van der Waals surface area contributed by atoms with Gasteiger partial charge in [-0.05, 0) is 30.9 Å². The summed E-state index contributed by atoms with van der Waals surface area (Å²) in [6, 6.07) is 5.83. The molecule has 0 aromatic carbocycles. The third kappa shape index (κ3) is 5.43. The molecule has 112 valence electrons. The average Bonchev–Trinajstić information content (AvgIpc) is 2.49. The summed E-state index contributed by atoms with van der Waals surface area (Å²) in [5, 5.41) is 11.2. The number of pyridine rings is 1. The highest BCUT2D eigenvalue weighted by atomic mass is 32.2. The lowest BCUT2D eigenvalue weighted by Crippen LogP contribution is -2.37. The third-order valence-electron chi connectivity index (χ3n) is 4.13. The molecule has 0 unspecified atom stereocenters. The van der Waals surface area contributed by atoms with Crippen molar-refractivity contribution in [3.63, 3.8) is 0 Å². The zero-order valence-electron chi connectivity index (χ0n) is 12.1. The molecule has 0 saturated heterocycles. The summed E-state index contributed by atoms with van der Waals surface area (Å²) < 4.78 is 0. The van der Waals surface area contributed by atoms with E-state index >= 15 is 0 Å². The van der Waals surface area contributed by atoms with Crippen LogP contribution in [0.5, 0.6) is 0 Å². The van der Waals surface area contributed by atoms with E-state index in [1.54, 1.807) is 18.0 Å². The minimum absolute atomic E-state index is 0.0672. The van der Waals surface area contributed by atoms with Gasteiger partial charge in [-0.25, -0.2) is 4.98 Å². The predicted molar refractivity (Wildman–Crippen MR) is 84.8 cm³/mol. The zero-order chi connectivity index (χ0) is 14.2. The normalized spacial score (nSPS) is 19.7. The van der Waals surface area contributed by atoms with E-state index in [2.05, 4.69) is 4.98 Å². The molecule has 1 aromatic rings. The molecule has 1 heterocycles. The molecule has 0 radical (unpaired) electrons. The highest BCUT2D eigenvalue weighted by molar-refractivity contribution is 7.99. The Balaban J connectivity index is 1.64. The highest BCUT2D eigenvalue weighted by Crippen LogP contribution is 2.28. The Labute approximate surface area is 126 Å². The van der Waals surface area contributed by atoms with Gasteiger partial charge in [-0.15, -0.1) is 11.8 Å². The first-order valence-corrected chi connectivity index (χ1v) is 8.71. The van der Waals surface area contributed by atoms with Gasteiger partial charge < -0.3 is 10.8 Å². The van der Waals surface area contributed by atoms with Crippen LogP contribution < -0.4 is 5.73 Å². The van der Waals surface area contributed by atoms with Gasteiger partial charge in [-0.3, -0.25) is 0 Å². The Morgan fingerprint density at radius 1 is 1.30 bits per heavy atom. The van der Waals surface area contributed by atoms with Crippen molar-refractivity contribution in [3.05, 3.63) is 24.4 Å². The molecule has 20 heavy (non-hydrogen) atoms. The number of aromatic nitrogens is 1. The summed E-state index contributed by atoms with van der Waals surface area (Å²) in [5.41, 5.74) is 6.15. The molecule has 1 aliphatic rings. The number of nitrogens with two attached hydrogens (primary N) is 1. The van der Waals surface area contributed by atoms with Crippen LogP contribution in [0.25, 0.3) is 0 Å². The number of thioether (sulfide) groups is 1. The van der Waals surface area contributed by atoms with Crippen LogP contribution in [0.4, 0.5) is 0 Å². The number of hydrogen-bond donors (Lipinski definition) is 2. The molecule has 1 aromatic heterocycles. The Morgan fingerprint density at radius 3 is 2.80 bits per heavy atom. The van der Waals surface area contributed by atoms with Gasteiger partial charge in [0.15, 0.2) is 0 Å². The standard InChI is InChI=1S/C16H26N2OS/c17-14(12-13-6-2-1-3-7-13)15(19)9-11-20-16-8-4-5-10-18-16/h4-5,8,10,13-15,19H,1-3,6-7,9,11-12,17H2/t14-,15-/m0/s1. The van der Waals surface area contributed by atoms with Crippen LogP contribution in [-0.2, 0) is 0 Å². The maximum atomic E-state index is 10.2. The molecular weight excluding hydrogens is 268 g/mol. The predicted octanol–water partition coefficient (Wildman–Crippen LogP) is 3.22. The van der Waals surface area contributed by atoms with Crippen molar-refractivity contribution < 1.29 is 5.11 Å². The fourth-order valence-corrected chi connectivity index (χ4v) is 3.77. The molecule has 0 amide bonds. The first kappa shape index (κ1) is 15.8. The van der Waals surface area contributed by atoms with Crippen LogP contribution in [0.3, 0.4) is 0 Å². The van der Waals surface area contributed by atoms with Crippen molar-refractivity contribution in [3.8, 4) is 0 Å². The summed E-state index contributed by atoms with van der Waals surface area (Å²) in [6.45, 7) is 0. The molecule has 4 heteroatoms. The monoisotopic (exact) mass is 294 g/mol. The fourth-order valence-electron chi connectivity index (χ4n) is 2.90. The number of rotatable bonds is 7. The van der Waals surface area contributed by atoms with Gasteiger partial charge in [0.25, 0.3) is 0 Å². The van der Waals surface area contributed by atoms with E-state index in [1.807, 2.05) is 18.2 Å². The number of aliphatic hydroxyl groups excluding tert-OH is 1. The maximum absolute atomic E-state index is 10.2. The third-order valence-corrected chi connectivity index (χ3v) is 5.10. The van der Waals surface area contributed by atoms with Crippen LogP contribution in [0.15, 0.2) is 29.4 Å². The summed E-state index contributed by atoms with van der Waals surface area (Å²) in [5.74, 6) is 1.60. The van der Waals surface area contributed by atoms with Gasteiger partial charge in [0.1, 0.15) is 0 Å². The molecule has 2 atom stereocenters. The van der Waals surface area contributed by atoms with Crippen molar-refractivity contribution in [1.29, 1.82) is 0 Å². The SMILES string of the molecule is N[C@@H](CC1CCCCC1)[C@@H](O)CCSc1ccccn1. The van der Waals surface area contributed by atoms with Gasteiger partial charge in [-0.1, -0.05) is 38.2 Å². The second-order valence-electron chi connectivity index (χ2n) is 5.78. The second-order valence-corrected chi connectivity index (χ2v) is 6.89. The van der Waals surface area contributed by atoms with E-state index < -0.39 is 0 Å². The summed E-state index contributed by atoms with van der Waals surface area (Å²) in [4.78, 5) is 4.26. The van der Waals surface area contributed by atoms with Crippen molar-refractivity contribution in [2.75, 3.05) is 5.75 Å². The Morgan fingerprint density at radius 2 is 2.10 bits per heavy atom. The minimum atomic E-state index is -0.381. The maximum Gasteiger partial charge on any atom is 0.0959 e. The molecule has 3 nitrogen and oxygen atoms in total. The molecule has 0 bridgehead atoms. The lowest BCUT2D eigenvalue weighted by molar-refractivity contribution is 0.124. The highest BCUT2D eigenvalue weighted by Gasteiger charge is 2.21. The van der Waals surface area contributed by atoms with Gasteiger partial charge in [-0.2, -0.15) is 0 Å². The summed E-state index contributed by atoms with van der Waals surface area (Å²) in [6.07, 6.45) is 9.78. The minimum Gasteiger partial charge on any atom is -0.391 e. The van der Waals surface area contributed by atoms with E-state index in [0.29, 0.717) is 0 Å². The van der Waals surface area contributed by atoms with Crippen LogP contribution >= 0.6 is 11.8 Å². The van der Waals surface area contributed by atoms with Gasteiger partial charge >= 0.3 is 0 Å². The average molecular weight is 294 g/mol. The van der Waals surface area contributed by atoms with E-state index in [9.17, 15) is 5.11 Å². The molecule has 0 aliphatic heterocycles. The molecule has 2 rings (SSSR count). The molecule has 1 aliphatic carbocycles. The molecule has 1 saturated carbocycles. The molecule has 1 fully saturated rings. The Hall–Kier alpha value is -0.580. The van der Waals surface area contributed by atoms with Crippen LogP contribution in [0.2, 0.25) is 0 Å². The van der Waals surface area contributed by atoms with Crippen LogP contribution in [0, 0.1) is 5.92 Å². The number of hydrogen-bond acceptors (Lipinski definition) is 4. The van der Waals surface area contributed by atoms with Crippen molar-refractivity contribution in [2.45, 2.75) is 62.1 Å². The van der Waals surface area contributed by atoms with Crippen molar-refractivity contribution in [2.24, 2.45) is 11.7 Å². The zero-order valence-corrected chi connectivity index (χ0v) is 12.9. The molecular formula is C16H26N2OS. The van der Waals surface area contributed by atoms with Gasteiger partial charge in [0.05, 0.1) is 11.1 Å². The van der Waals surface area contributed by atoms with E-state index in [1.165, 1.54) is 32.1 Å². The quantitative estimate of drug-likeness (QED) is 0.758. The summed E-state index contributed by atoms with van der Waals surface area (Å²) in [7, 11) is 0. The van der Waals surface area contributed by atoms with Crippen LogP contribution in [-0.4, -0.2) is 28.0 Å². The lowest BCUT2D eigenvalue weighted by Gasteiger charge is -2.27. The van der Waals surface area contributed by atoms with Gasteiger partial charge in [0, 0.05) is 18.0 Å². The lowest BCUT2D eigenvalue weighted by atomic mass is 9.84. The van der Waals surface area contributed by atoms with Crippen molar-refractivity contribution in [1.82, 2.24) is 4.98 Å². The number of aliphatic hydroxyl groups is 1. The first-order chi connectivity index (χ1) is 9.75. The Bertz CT molecular complexity index is 368. The number of nitrogens with zero attached hydrogens (tertiary/aromatic N) is 1. The second kappa shape index (κ2) is 8.65. The van der Waals surface area contributed by atoms with E-state index in [-0.39, 0.29) is 12.1 Å². The van der Waals surface area contributed by atoms with Crippen molar-refractivity contribution >= 4 is 11.8 Å². The van der Waals surface area contributed by atoms with E-state index in [4.69, 9.17) is 5.73 Å². The molecule has 3 N–H and O–H groups in total. The molecule has 0 spiro atoms. The fraction of sp³-hybridized carbons (Fsp3) is 0.688. The topological polar surface area (TPSA) is 59.1 Å². The van der Waals surface area contributed by atoms with Gasteiger partial charge in [0.2, 0.25) is 0 Å². The first-order valence-electron chi connectivity index (χ1n) is 7.73. The Kier molecular flexibility index (Phi) is 6.83.